The number of aliphatic carboxylic acids is 1. The number of aliphatic hydroxyl groups excluding tert-OH is 12. The first kappa shape index (κ1) is 59.7. The smallest absolute Gasteiger partial charge is 0.335 e. The molecule has 0 amide bonds. The maximum absolute atomic E-state index is 14.2. The molecule has 0 aromatic carbocycles. The van der Waals surface area contributed by atoms with E-state index in [1.165, 1.54) is 0 Å². The van der Waals surface area contributed by atoms with Crippen molar-refractivity contribution in [3.63, 3.8) is 0 Å². The third-order valence-electron chi connectivity index (χ3n) is 20.7. The molecule has 28 atom stereocenters. The van der Waals surface area contributed by atoms with Gasteiger partial charge in [-0.3, -0.25) is 4.79 Å². The molecule has 440 valence electrons. The van der Waals surface area contributed by atoms with Gasteiger partial charge in [-0.1, -0.05) is 54.5 Å². The summed E-state index contributed by atoms with van der Waals surface area (Å²) in [7, 11) is 0. The molecule has 0 radical (unpaired) electrons. The van der Waals surface area contributed by atoms with Crippen molar-refractivity contribution in [1.82, 2.24) is 0 Å². The van der Waals surface area contributed by atoms with Crippen LogP contribution < -0.4 is 0 Å². The van der Waals surface area contributed by atoms with E-state index in [1.807, 2.05) is 13.8 Å². The van der Waals surface area contributed by atoms with E-state index in [4.69, 9.17) is 37.9 Å². The molecule has 9 rings (SSSR count). The van der Waals surface area contributed by atoms with Gasteiger partial charge in [-0.15, -0.1) is 0 Å². The first-order valence-corrected chi connectivity index (χ1v) is 27.3. The molecule has 0 unspecified atom stereocenters. The Morgan fingerprint density at radius 1 is 0.584 bits per heavy atom. The summed E-state index contributed by atoms with van der Waals surface area (Å²) in [5, 5.41) is 153. The summed E-state index contributed by atoms with van der Waals surface area (Å²) >= 11 is 0. The van der Waals surface area contributed by atoms with Gasteiger partial charge in [0, 0.05) is 11.8 Å². The van der Waals surface area contributed by atoms with E-state index in [0.29, 0.717) is 51.4 Å². The van der Waals surface area contributed by atoms with Crippen molar-refractivity contribution in [2.75, 3.05) is 19.8 Å². The Kier molecular flexibility index (Phi) is 16.5. The van der Waals surface area contributed by atoms with Crippen LogP contribution in [0.15, 0.2) is 11.6 Å². The SMILES string of the molecule is CC1(C)CC[C@H]2C(=O)C[C@@]3(C)C(=CC[C@H]4[C@]5(C)CC[C@H](O[C@H]6O[C@@H](C(=O)O)[C@H](O[C@H]7O[C@@H](CO)[C@H](O)[C@@H](O)[C@@H]7O[C@H]7O[C@@H](CO)[C@H](O)[C@@H](O)[C@@H]7O)[C@@H](O)[C@@H]6O[C@H]6O[C@@H](CO)[C@H](O)[C@@H](O)[C@@H]6O)C(C)(C)[C@@H]5CC[C@@]43C)[C@]2(O)C1. The number of Topliss-reactive ketones (excluding diaryl/α,β-unsaturated/α-hetero) is 1. The van der Waals surface area contributed by atoms with Gasteiger partial charge in [0.2, 0.25) is 0 Å². The second-order valence-electron chi connectivity index (χ2n) is 25.9. The minimum absolute atomic E-state index is 0.0517. The van der Waals surface area contributed by atoms with Crippen LogP contribution in [0.2, 0.25) is 0 Å². The number of fused-ring (bicyclic) bond motifs is 7. The molecule has 0 aromatic rings. The van der Waals surface area contributed by atoms with Crippen LogP contribution in [0.25, 0.3) is 0 Å². The number of allylic oxidation sites excluding steroid dienone is 1. The Balaban J connectivity index is 1.02. The monoisotopic (exact) mass is 1100 g/mol. The molecule has 0 spiro atoms. The third-order valence-corrected chi connectivity index (χ3v) is 20.7. The Labute approximate surface area is 446 Å². The van der Waals surface area contributed by atoms with E-state index in [2.05, 4.69) is 40.7 Å². The van der Waals surface area contributed by atoms with Crippen LogP contribution in [0, 0.1) is 44.8 Å². The van der Waals surface area contributed by atoms with Crippen molar-refractivity contribution in [2.45, 2.75) is 241 Å². The van der Waals surface area contributed by atoms with Gasteiger partial charge in [-0.25, -0.2) is 4.79 Å². The number of ketones is 1. The van der Waals surface area contributed by atoms with Crippen LogP contribution in [0.4, 0.5) is 0 Å². The molecule has 4 saturated heterocycles. The summed E-state index contributed by atoms with van der Waals surface area (Å²) in [6.07, 6.45) is -31.8. The highest BCUT2D eigenvalue weighted by molar-refractivity contribution is 5.86. The maximum Gasteiger partial charge on any atom is 0.335 e. The van der Waals surface area contributed by atoms with Crippen LogP contribution in [0.5, 0.6) is 0 Å². The molecule has 14 N–H and O–H groups in total. The minimum Gasteiger partial charge on any atom is -0.479 e. The highest BCUT2D eigenvalue weighted by Gasteiger charge is 2.71. The molecule has 0 bridgehead atoms. The van der Waals surface area contributed by atoms with E-state index < -0.39 is 177 Å². The van der Waals surface area contributed by atoms with Gasteiger partial charge in [-0.2, -0.15) is 0 Å². The molecule has 24 heteroatoms. The Bertz CT molecular complexity index is 2180. The van der Waals surface area contributed by atoms with Gasteiger partial charge in [-0.05, 0) is 90.4 Å². The predicted octanol–water partition coefficient (Wildman–Crippen LogP) is -2.54. The average Bonchev–Trinajstić information content (AvgIpc) is 3.44. The molecule has 0 aromatic heterocycles. The molecular weight excluding hydrogens is 1020 g/mol. The van der Waals surface area contributed by atoms with Crippen molar-refractivity contribution >= 4 is 11.8 Å². The average molecular weight is 1110 g/mol. The normalized spacial score (nSPS) is 53.5. The number of carboxylic acids is 1. The second kappa shape index (κ2) is 21.3. The number of carbonyl (C=O) groups is 2. The van der Waals surface area contributed by atoms with Crippen molar-refractivity contribution < 1.29 is 119 Å². The van der Waals surface area contributed by atoms with E-state index in [9.17, 15) is 81.1 Å². The van der Waals surface area contributed by atoms with Crippen LogP contribution in [0.1, 0.15) is 106 Å². The van der Waals surface area contributed by atoms with Crippen molar-refractivity contribution in [3.8, 4) is 0 Å². The second-order valence-corrected chi connectivity index (χ2v) is 25.9. The number of carbonyl (C=O) groups excluding carboxylic acids is 1. The summed E-state index contributed by atoms with van der Waals surface area (Å²) in [6.45, 7) is 12.4. The van der Waals surface area contributed by atoms with E-state index >= 15 is 0 Å². The van der Waals surface area contributed by atoms with Crippen LogP contribution in [-0.4, -0.2) is 238 Å². The number of ether oxygens (including phenoxy) is 8. The van der Waals surface area contributed by atoms with E-state index in [-0.39, 0.29) is 33.9 Å². The van der Waals surface area contributed by atoms with Crippen LogP contribution >= 0.6 is 0 Å². The fourth-order valence-electron chi connectivity index (χ4n) is 16.3. The summed E-state index contributed by atoms with van der Waals surface area (Å²) < 4.78 is 48.1. The lowest BCUT2D eigenvalue weighted by atomic mass is 9.34. The van der Waals surface area contributed by atoms with Gasteiger partial charge in [0.25, 0.3) is 0 Å². The van der Waals surface area contributed by atoms with Gasteiger partial charge < -0.3 is 109 Å². The molecule has 9 aliphatic rings. The summed E-state index contributed by atoms with van der Waals surface area (Å²) in [5.74, 6) is -2.05. The number of aliphatic hydroxyl groups is 13. The first-order chi connectivity index (χ1) is 35.9. The molecule has 4 saturated carbocycles. The Hall–Kier alpha value is -1.96. The fourth-order valence-corrected chi connectivity index (χ4v) is 16.3. The highest BCUT2D eigenvalue weighted by Crippen LogP contribution is 2.75. The predicted molar refractivity (Wildman–Crippen MR) is 259 cm³/mol. The Morgan fingerprint density at radius 2 is 1.09 bits per heavy atom. The molecule has 5 aliphatic carbocycles. The minimum atomic E-state index is -2.21. The lowest BCUT2D eigenvalue weighted by Crippen LogP contribution is -2.69. The van der Waals surface area contributed by atoms with E-state index in [0.717, 1.165) is 12.0 Å². The number of hydrogen-bond donors (Lipinski definition) is 14. The van der Waals surface area contributed by atoms with E-state index in [1.54, 1.807) is 0 Å². The fraction of sp³-hybridized carbons (Fsp3) is 0.925. The third kappa shape index (κ3) is 9.70. The molecule has 24 nitrogen and oxygen atoms in total. The summed E-state index contributed by atoms with van der Waals surface area (Å²) in [4.78, 5) is 27.6. The Morgan fingerprint density at radius 3 is 1.64 bits per heavy atom. The topological polar surface area (TPSA) is 391 Å². The number of hydrogen-bond acceptors (Lipinski definition) is 23. The van der Waals surface area contributed by atoms with Gasteiger partial charge in [0.1, 0.15) is 97.3 Å². The molecule has 8 fully saturated rings. The first-order valence-electron chi connectivity index (χ1n) is 27.3. The molecule has 4 aliphatic heterocycles. The number of rotatable bonds is 12. The van der Waals surface area contributed by atoms with Crippen molar-refractivity contribution in [1.29, 1.82) is 0 Å². The van der Waals surface area contributed by atoms with Crippen LogP contribution in [0.3, 0.4) is 0 Å². The van der Waals surface area contributed by atoms with Crippen LogP contribution in [-0.2, 0) is 47.5 Å². The van der Waals surface area contributed by atoms with Gasteiger partial charge in [0.15, 0.2) is 31.3 Å². The quantitative estimate of drug-likeness (QED) is 0.0707. The van der Waals surface area contributed by atoms with Gasteiger partial charge in [0.05, 0.1) is 37.4 Å². The highest BCUT2D eigenvalue weighted by atomic mass is 16.8. The molecular formula is C53H84O24. The lowest BCUT2D eigenvalue weighted by Gasteiger charge is -2.71. The largest absolute Gasteiger partial charge is 0.479 e. The lowest BCUT2D eigenvalue weighted by molar-refractivity contribution is -0.401. The summed E-state index contributed by atoms with van der Waals surface area (Å²) in [5.41, 5.74) is -2.48. The zero-order chi connectivity index (χ0) is 56.4. The van der Waals surface area contributed by atoms with Gasteiger partial charge >= 0.3 is 5.97 Å². The van der Waals surface area contributed by atoms with Crippen molar-refractivity contribution in [2.24, 2.45) is 44.8 Å². The van der Waals surface area contributed by atoms with Crippen molar-refractivity contribution in [3.05, 3.63) is 11.6 Å². The summed E-state index contributed by atoms with van der Waals surface area (Å²) in [6, 6.07) is 0. The maximum atomic E-state index is 14.2. The zero-order valence-corrected chi connectivity index (χ0v) is 44.8. The number of carboxylic acid groups (broad SMARTS) is 1. The molecule has 4 heterocycles. The molecule has 77 heavy (non-hydrogen) atoms. The standard InChI is InChI=1S/C53H84O24/c1-48(2)13-10-21-22(57)16-52(7)28(53(21,69)20-48)9-8-27-50(5)14-12-29(49(3,4)26(50)11-15-51(27,52)6)73-47-41(76-45-37(65)34(62)31(59)24(18-55)71-45)38(66)39(42(77-47)43(67)68)74-46-40(35(63)32(60)25(19-56)72-46)75-44-36(64)33(61)30(58)23(17-54)70-44/h9,21,23-27,29-42,44-47,54-56,58-66,69H,8,10-20H2,1-7H3,(H,67,68)/t21-,23-,24-,25-,26-,27-,29-,30-,31-,32-,33+,34+,35+,36-,37-,38+,39+,40-,41-,42+,44+,45+,46+,47-,50+,51-,52-,53-/m0/s1. The zero-order valence-electron chi connectivity index (χ0n) is 44.8.